The number of halogens is 1. The molecule has 0 saturated carbocycles. The van der Waals surface area contributed by atoms with Gasteiger partial charge in [0.1, 0.15) is 5.82 Å². The molecule has 0 aliphatic rings. The highest BCUT2D eigenvalue weighted by Crippen LogP contribution is 2.28. The summed E-state index contributed by atoms with van der Waals surface area (Å²) in [6, 6.07) is 5.34. The molecule has 1 nitrogen and oxygen atoms in total. The number of nitrogens with one attached hydrogen (secondary N) is 1. The van der Waals surface area contributed by atoms with Crippen LogP contribution in [0.5, 0.6) is 0 Å². The van der Waals surface area contributed by atoms with Gasteiger partial charge in [0.25, 0.3) is 0 Å². The van der Waals surface area contributed by atoms with Crippen LogP contribution in [0.3, 0.4) is 0 Å². The van der Waals surface area contributed by atoms with Crippen molar-refractivity contribution in [3.8, 4) is 0 Å². The summed E-state index contributed by atoms with van der Waals surface area (Å²) in [6.07, 6.45) is 2.32. The predicted molar refractivity (Wildman–Crippen MR) is 71.6 cm³/mol. The van der Waals surface area contributed by atoms with Crippen LogP contribution in [-0.4, -0.2) is 6.54 Å². The molecule has 0 heterocycles. The van der Waals surface area contributed by atoms with Gasteiger partial charge in [-0.15, -0.1) is 0 Å². The van der Waals surface area contributed by atoms with Gasteiger partial charge in [0.2, 0.25) is 0 Å². The minimum atomic E-state index is -0.141. The third-order valence-electron chi connectivity index (χ3n) is 3.31. The second-order valence-corrected chi connectivity index (χ2v) is 4.80. The second-order valence-electron chi connectivity index (χ2n) is 4.80. The molecule has 17 heavy (non-hydrogen) atoms. The van der Waals surface area contributed by atoms with Crippen LogP contribution >= 0.6 is 0 Å². The van der Waals surface area contributed by atoms with Crippen molar-refractivity contribution in [1.29, 1.82) is 0 Å². The SMILES string of the molecule is CCCC(C)C(NCC)c1cc(F)ccc1C. The summed E-state index contributed by atoms with van der Waals surface area (Å²) in [4.78, 5) is 0. The van der Waals surface area contributed by atoms with E-state index < -0.39 is 0 Å². The molecule has 1 rings (SSSR count). The van der Waals surface area contributed by atoms with Crippen molar-refractivity contribution in [2.24, 2.45) is 5.92 Å². The molecular formula is C15H24FN. The summed E-state index contributed by atoms with van der Waals surface area (Å²) in [5, 5.41) is 3.48. The Morgan fingerprint density at radius 2 is 2.00 bits per heavy atom. The van der Waals surface area contributed by atoms with Crippen molar-refractivity contribution in [2.45, 2.75) is 46.6 Å². The summed E-state index contributed by atoms with van der Waals surface area (Å²) in [5.41, 5.74) is 2.27. The number of hydrogen-bond acceptors (Lipinski definition) is 1. The quantitative estimate of drug-likeness (QED) is 0.781. The Kier molecular flexibility index (Phi) is 5.63. The molecule has 0 fully saturated rings. The molecule has 0 aliphatic heterocycles. The van der Waals surface area contributed by atoms with Gasteiger partial charge in [0.05, 0.1) is 0 Å². The Labute approximate surface area is 104 Å². The second kappa shape index (κ2) is 6.75. The lowest BCUT2D eigenvalue weighted by molar-refractivity contribution is 0.367. The molecule has 2 heteroatoms. The van der Waals surface area contributed by atoms with Gasteiger partial charge in [0.15, 0.2) is 0 Å². The first-order valence-electron chi connectivity index (χ1n) is 6.59. The molecule has 0 aliphatic carbocycles. The lowest BCUT2D eigenvalue weighted by Crippen LogP contribution is -2.27. The molecule has 0 bridgehead atoms. The zero-order chi connectivity index (χ0) is 12.8. The predicted octanol–water partition coefficient (Wildman–Crippen LogP) is 4.22. The van der Waals surface area contributed by atoms with Crippen LogP contribution in [-0.2, 0) is 0 Å². The first-order valence-corrected chi connectivity index (χ1v) is 6.59. The maximum Gasteiger partial charge on any atom is 0.123 e. The smallest absolute Gasteiger partial charge is 0.123 e. The fourth-order valence-corrected chi connectivity index (χ4v) is 2.41. The van der Waals surface area contributed by atoms with Crippen LogP contribution in [0.2, 0.25) is 0 Å². The topological polar surface area (TPSA) is 12.0 Å². The monoisotopic (exact) mass is 237 g/mol. The molecule has 1 aromatic carbocycles. The zero-order valence-electron chi connectivity index (χ0n) is 11.4. The average molecular weight is 237 g/mol. The fourth-order valence-electron chi connectivity index (χ4n) is 2.41. The Morgan fingerprint density at radius 1 is 1.29 bits per heavy atom. The van der Waals surface area contributed by atoms with Gasteiger partial charge < -0.3 is 5.32 Å². The number of rotatable bonds is 6. The van der Waals surface area contributed by atoms with E-state index in [1.807, 2.05) is 6.07 Å². The molecule has 1 N–H and O–H groups in total. The Bertz CT molecular complexity index is 349. The highest BCUT2D eigenvalue weighted by molar-refractivity contribution is 5.30. The summed E-state index contributed by atoms with van der Waals surface area (Å²) >= 11 is 0. The molecule has 1 aromatic rings. The third kappa shape index (κ3) is 3.81. The van der Waals surface area contributed by atoms with Gasteiger partial charge >= 0.3 is 0 Å². The number of hydrogen-bond donors (Lipinski definition) is 1. The van der Waals surface area contributed by atoms with Crippen LogP contribution in [0, 0.1) is 18.7 Å². The van der Waals surface area contributed by atoms with Crippen LogP contribution in [0.1, 0.15) is 50.8 Å². The normalized spacial score (nSPS) is 14.6. The summed E-state index contributed by atoms with van der Waals surface area (Å²) < 4.78 is 13.4. The Hall–Kier alpha value is -0.890. The van der Waals surface area contributed by atoms with Gasteiger partial charge in [0, 0.05) is 6.04 Å². The lowest BCUT2D eigenvalue weighted by atomic mass is 9.88. The molecule has 2 unspecified atom stereocenters. The fraction of sp³-hybridized carbons (Fsp3) is 0.600. The van der Waals surface area contributed by atoms with Crippen molar-refractivity contribution >= 4 is 0 Å². The summed E-state index contributed by atoms with van der Waals surface area (Å²) in [6.45, 7) is 9.49. The Balaban J connectivity index is 2.99. The maximum atomic E-state index is 13.4. The van der Waals surface area contributed by atoms with Crippen LogP contribution in [0.25, 0.3) is 0 Å². The van der Waals surface area contributed by atoms with Crippen molar-refractivity contribution in [3.63, 3.8) is 0 Å². The minimum absolute atomic E-state index is 0.141. The highest BCUT2D eigenvalue weighted by Gasteiger charge is 2.19. The molecular weight excluding hydrogens is 213 g/mol. The van der Waals surface area contributed by atoms with E-state index in [2.05, 4.69) is 33.0 Å². The molecule has 0 aromatic heterocycles. The molecule has 0 amide bonds. The zero-order valence-corrected chi connectivity index (χ0v) is 11.4. The van der Waals surface area contributed by atoms with E-state index in [1.54, 1.807) is 6.07 Å². The molecule has 96 valence electrons. The molecule has 0 saturated heterocycles. The van der Waals surface area contributed by atoms with E-state index in [1.165, 1.54) is 11.6 Å². The van der Waals surface area contributed by atoms with Crippen LogP contribution < -0.4 is 5.32 Å². The van der Waals surface area contributed by atoms with Gasteiger partial charge in [-0.3, -0.25) is 0 Å². The van der Waals surface area contributed by atoms with Gasteiger partial charge in [-0.2, -0.15) is 0 Å². The molecule has 2 atom stereocenters. The van der Waals surface area contributed by atoms with E-state index >= 15 is 0 Å². The van der Waals surface area contributed by atoms with E-state index in [0.717, 1.165) is 24.9 Å². The Morgan fingerprint density at radius 3 is 2.59 bits per heavy atom. The average Bonchev–Trinajstić information content (AvgIpc) is 2.30. The highest BCUT2D eigenvalue weighted by atomic mass is 19.1. The van der Waals surface area contributed by atoms with Crippen molar-refractivity contribution in [1.82, 2.24) is 5.32 Å². The van der Waals surface area contributed by atoms with E-state index in [-0.39, 0.29) is 11.9 Å². The van der Waals surface area contributed by atoms with Crippen molar-refractivity contribution in [3.05, 3.63) is 35.1 Å². The summed E-state index contributed by atoms with van der Waals surface area (Å²) in [7, 11) is 0. The van der Waals surface area contributed by atoms with Gasteiger partial charge in [-0.05, 0) is 49.1 Å². The minimum Gasteiger partial charge on any atom is -0.310 e. The van der Waals surface area contributed by atoms with Crippen LogP contribution in [0.15, 0.2) is 18.2 Å². The molecule has 0 radical (unpaired) electrons. The largest absolute Gasteiger partial charge is 0.310 e. The first-order chi connectivity index (χ1) is 8.10. The van der Waals surface area contributed by atoms with E-state index in [9.17, 15) is 4.39 Å². The summed E-state index contributed by atoms with van der Waals surface area (Å²) in [5.74, 6) is 0.387. The maximum absolute atomic E-state index is 13.4. The van der Waals surface area contributed by atoms with Crippen molar-refractivity contribution in [2.75, 3.05) is 6.54 Å². The third-order valence-corrected chi connectivity index (χ3v) is 3.31. The van der Waals surface area contributed by atoms with Gasteiger partial charge in [-0.25, -0.2) is 4.39 Å². The number of aryl methyl sites for hydroxylation is 1. The lowest BCUT2D eigenvalue weighted by Gasteiger charge is -2.26. The number of benzene rings is 1. The first kappa shape index (κ1) is 14.2. The molecule has 0 spiro atoms. The standard InChI is InChI=1S/C15H24FN/c1-5-7-12(4)15(17-6-2)14-10-13(16)9-8-11(14)3/h8-10,12,15,17H,5-7H2,1-4H3. The van der Waals surface area contributed by atoms with Crippen LogP contribution in [0.4, 0.5) is 4.39 Å². The van der Waals surface area contributed by atoms with Crippen molar-refractivity contribution < 1.29 is 4.39 Å². The van der Waals surface area contributed by atoms with E-state index in [0.29, 0.717) is 5.92 Å². The van der Waals surface area contributed by atoms with E-state index in [4.69, 9.17) is 0 Å². The van der Waals surface area contributed by atoms with Gasteiger partial charge in [-0.1, -0.05) is 33.3 Å².